The number of anilines is 2. The summed E-state index contributed by atoms with van der Waals surface area (Å²) in [6.45, 7) is 4.12. The molecule has 0 amide bonds. The van der Waals surface area contributed by atoms with Crippen LogP contribution >= 0.6 is 11.3 Å². The number of nitrogens with one attached hydrogen (secondary N) is 2. The van der Waals surface area contributed by atoms with Crippen molar-refractivity contribution < 1.29 is 0 Å². The van der Waals surface area contributed by atoms with Gasteiger partial charge in [0.2, 0.25) is 0 Å². The first-order valence-corrected chi connectivity index (χ1v) is 5.67. The molecule has 0 bridgehead atoms. The Morgan fingerprint density at radius 2 is 2.07 bits per heavy atom. The highest BCUT2D eigenvalue weighted by Crippen LogP contribution is 2.41. The van der Waals surface area contributed by atoms with Crippen molar-refractivity contribution in [1.82, 2.24) is 4.98 Å². The fourth-order valence-corrected chi connectivity index (χ4v) is 2.77. The average Bonchev–Trinajstić information content (AvgIpc) is 2.71. The number of H-pyrrole nitrogens is 1. The van der Waals surface area contributed by atoms with Crippen molar-refractivity contribution >= 4 is 22.7 Å². The third-order valence-corrected chi connectivity index (χ3v) is 3.60. The summed E-state index contributed by atoms with van der Waals surface area (Å²) in [6, 6.07) is 4.12. The summed E-state index contributed by atoms with van der Waals surface area (Å²) in [4.78, 5) is 5.64. The fourth-order valence-electron chi connectivity index (χ4n) is 1.71. The zero-order valence-corrected chi connectivity index (χ0v) is 9.96. The molecule has 0 spiro atoms. The molecule has 15 heavy (non-hydrogen) atoms. The minimum Gasteiger partial charge on any atom is -0.396 e. The zero-order valence-electron chi connectivity index (χ0n) is 9.14. The quantitative estimate of drug-likeness (QED) is 0.730. The van der Waals surface area contributed by atoms with Gasteiger partial charge in [-0.15, -0.1) is 11.3 Å². The van der Waals surface area contributed by atoms with Crippen LogP contribution in [0.25, 0.3) is 10.6 Å². The number of hydrogen-bond donors (Lipinski definition) is 3. The Kier molecular flexibility index (Phi) is 2.44. The van der Waals surface area contributed by atoms with Crippen molar-refractivity contribution in [2.75, 3.05) is 18.1 Å². The van der Waals surface area contributed by atoms with Gasteiger partial charge in [0.15, 0.2) is 0 Å². The van der Waals surface area contributed by atoms with Gasteiger partial charge in [-0.3, -0.25) is 0 Å². The zero-order chi connectivity index (χ0) is 11.0. The van der Waals surface area contributed by atoms with E-state index in [1.807, 2.05) is 14.0 Å². The van der Waals surface area contributed by atoms with Crippen molar-refractivity contribution in [3.63, 3.8) is 0 Å². The van der Waals surface area contributed by atoms with Crippen LogP contribution in [0.2, 0.25) is 0 Å². The van der Waals surface area contributed by atoms with Crippen molar-refractivity contribution in [2.45, 2.75) is 13.8 Å². The molecule has 2 heterocycles. The van der Waals surface area contributed by atoms with E-state index in [9.17, 15) is 0 Å². The molecule has 0 aromatic carbocycles. The van der Waals surface area contributed by atoms with Gasteiger partial charge in [-0.2, -0.15) is 0 Å². The van der Waals surface area contributed by atoms with Crippen LogP contribution in [0, 0.1) is 13.8 Å². The first kappa shape index (κ1) is 10.1. The van der Waals surface area contributed by atoms with Crippen LogP contribution in [-0.2, 0) is 0 Å². The lowest BCUT2D eigenvalue weighted by atomic mass is 10.2. The summed E-state index contributed by atoms with van der Waals surface area (Å²) in [5.74, 6) is 0. The van der Waals surface area contributed by atoms with E-state index < -0.39 is 0 Å². The summed E-state index contributed by atoms with van der Waals surface area (Å²) >= 11 is 1.71. The Balaban J connectivity index is 2.54. The van der Waals surface area contributed by atoms with Crippen molar-refractivity contribution in [3.05, 3.63) is 22.7 Å². The molecule has 0 unspecified atom stereocenters. The molecule has 2 aromatic heterocycles. The first-order chi connectivity index (χ1) is 7.13. The normalized spacial score (nSPS) is 10.6. The molecule has 0 fully saturated rings. The van der Waals surface area contributed by atoms with Crippen LogP contribution in [0.15, 0.2) is 12.1 Å². The Morgan fingerprint density at radius 3 is 2.53 bits per heavy atom. The summed E-state index contributed by atoms with van der Waals surface area (Å²) in [5, 5.41) is 3.13. The molecule has 80 valence electrons. The topological polar surface area (TPSA) is 53.8 Å². The molecule has 0 aliphatic carbocycles. The minimum absolute atomic E-state index is 0.835. The average molecular weight is 221 g/mol. The number of aromatic amines is 1. The van der Waals surface area contributed by atoms with Crippen LogP contribution in [0.4, 0.5) is 11.4 Å². The second kappa shape index (κ2) is 3.62. The van der Waals surface area contributed by atoms with Crippen LogP contribution in [-0.4, -0.2) is 12.0 Å². The van der Waals surface area contributed by atoms with Gasteiger partial charge in [0.05, 0.1) is 21.9 Å². The lowest BCUT2D eigenvalue weighted by Gasteiger charge is -2.00. The highest BCUT2D eigenvalue weighted by atomic mass is 32.1. The van der Waals surface area contributed by atoms with E-state index in [-0.39, 0.29) is 0 Å². The number of thiophene rings is 1. The molecule has 0 aliphatic rings. The standard InChI is InChI=1S/C11H15N3S/c1-6-4-5-8(14-6)11-9(12)10(13-3)7(2)15-11/h4-5,13-14H,12H2,1-3H3. The molecule has 4 N–H and O–H groups in total. The molecule has 3 nitrogen and oxygen atoms in total. The SMILES string of the molecule is CNc1c(C)sc(-c2ccc(C)[nH]2)c1N. The second-order valence-electron chi connectivity index (χ2n) is 3.58. The highest BCUT2D eigenvalue weighted by molar-refractivity contribution is 7.16. The van der Waals surface area contributed by atoms with Crippen LogP contribution in [0.5, 0.6) is 0 Å². The Bertz CT molecular complexity index is 482. The Morgan fingerprint density at radius 1 is 1.33 bits per heavy atom. The molecule has 0 radical (unpaired) electrons. The molecule has 0 saturated heterocycles. The van der Waals surface area contributed by atoms with Gasteiger partial charge in [-0.05, 0) is 26.0 Å². The van der Waals surface area contributed by atoms with E-state index in [2.05, 4.69) is 29.4 Å². The second-order valence-corrected chi connectivity index (χ2v) is 4.81. The lowest BCUT2D eigenvalue weighted by Crippen LogP contribution is -1.94. The highest BCUT2D eigenvalue weighted by Gasteiger charge is 2.14. The summed E-state index contributed by atoms with van der Waals surface area (Å²) in [5.41, 5.74) is 10.2. The lowest BCUT2D eigenvalue weighted by molar-refractivity contribution is 1.27. The first-order valence-electron chi connectivity index (χ1n) is 4.86. The van der Waals surface area contributed by atoms with Gasteiger partial charge in [-0.25, -0.2) is 0 Å². The maximum absolute atomic E-state index is 6.08. The van der Waals surface area contributed by atoms with Gasteiger partial charge in [0.25, 0.3) is 0 Å². The third-order valence-electron chi connectivity index (χ3n) is 2.45. The summed E-state index contributed by atoms with van der Waals surface area (Å²) < 4.78 is 0. The number of rotatable bonds is 2. The van der Waals surface area contributed by atoms with Crippen LogP contribution < -0.4 is 11.1 Å². The van der Waals surface area contributed by atoms with Gasteiger partial charge < -0.3 is 16.0 Å². The van der Waals surface area contributed by atoms with Crippen LogP contribution in [0.3, 0.4) is 0 Å². The van der Waals surface area contributed by atoms with E-state index in [4.69, 9.17) is 5.73 Å². The number of hydrogen-bond acceptors (Lipinski definition) is 3. The molecule has 0 aliphatic heterocycles. The molecular weight excluding hydrogens is 206 g/mol. The molecular formula is C11H15N3S. The van der Waals surface area contributed by atoms with E-state index in [1.54, 1.807) is 11.3 Å². The fraction of sp³-hybridized carbons (Fsp3) is 0.273. The largest absolute Gasteiger partial charge is 0.396 e. The Hall–Kier alpha value is -1.42. The van der Waals surface area contributed by atoms with Gasteiger partial charge in [0, 0.05) is 17.6 Å². The molecule has 0 atom stereocenters. The van der Waals surface area contributed by atoms with Crippen molar-refractivity contribution in [3.8, 4) is 10.6 Å². The number of nitrogen functional groups attached to an aromatic ring is 1. The molecule has 2 rings (SSSR count). The third kappa shape index (κ3) is 1.61. The smallest absolute Gasteiger partial charge is 0.0759 e. The van der Waals surface area contributed by atoms with Gasteiger partial charge in [-0.1, -0.05) is 0 Å². The molecule has 0 saturated carbocycles. The summed E-state index contributed by atoms with van der Waals surface area (Å²) in [7, 11) is 1.90. The minimum atomic E-state index is 0.835. The van der Waals surface area contributed by atoms with Crippen molar-refractivity contribution in [2.24, 2.45) is 0 Å². The molecule has 2 aromatic rings. The number of aromatic nitrogens is 1. The van der Waals surface area contributed by atoms with Gasteiger partial charge in [0.1, 0.15) is 0 Å². The predicted molar refractivity (Wildman–Crippen MR) is 67.5 cm³/mol. The van der Waals surface area contributed by atoms with E-state index in [0.29, 0.717) is 0 Å². The Labute approximate surface area is 93.3 Å². The summed E-state index contributed by atoms with van der Waals surface area (Å²) in [6.07, 6.45) is 0. The van der Waals surface area contributed by atoms with E-state index in [1.165, 1.54) is 4.88 Å². The van der Waals surface area contributed by atoms with Gasteiger partial charge >= 0.3 is 0 Å². The predicted octanol–water partition coefficient (Wildman–Crippen LogP) is 2.98. The monoisotopic (exact) mass is 221 g/mol. The van der Waals surface area contributed by atoms with Crippen LogP contribution in [0.1, 0.15) is 10.6 Å². The number of aryl methyl sites for hydroxylation is 2. The number of nitrogens with two attached hydrogens (primary N) is 1. The maximum atomic E-state index is 6.08. The van der Waals surface area contributed by atoms with E-state index >= 15 is 0 Å². The van der Waals surface area contributed by atoms with Crippen molar-refractivity contribution in [1.29, 1.82) is 0 Å². The maximum Gasteiger partial charge on any atom is 0.0759 e. The van der Waals surface area contributed by atoms with E-state index in [0.717, 1.165) is 27.6 Å². The molecule has 4 heteroatoms.